The summed E-state index contributed by atoms with van der Waals surface area (Å²) >= 11 is 4.36. The highest BCUT2D eigenvalue weighted by Gasteiger charge is 2.22. The van der Waals surface area contributed by atoms with Crippen LogP contribution in [0.1, 0.15) is 16.1 Å². The van der Waals surface area contributed by atoms with Gasteiger partial charge in [-0.2, -0.15) is 0 Å². The van der Waals surface area contributed by atoms with E-state index in [0.29, 0.717) is 22.2 Å². The first-order chi connectivity index (χ1) is 15.8. The number of furan rings is 1. The van der Waals surface area contributed by atoms with E-state index in [1.807, 2.05) is 48.5 Å². The molecule has 5 rings (SSSR count). The molecule has 0 unspecified atom stereocenters. The summed E-state index contributed by atoms with van der Waals surface area (Å²) in [6, 6.07) is 17.0. The minimum absolute atomic E-state index is 0.283. The van der Waals surface area contributed by atoms with E-state index < -0.39 is 0 Å². The van der Waals surface area contributed by atoms with Crippen LogP contribution >= 0.6 is 34.9 Å². The van der Waals surface area contributed by atoms with Crippen molar-refractivity contribution in [2.24, 2.45) is 0 Å². The quantitative estimate of drug-likeness (QED) is 0.233. The Morgan fingerprint density at radius 2 is 1.84 bits per heavy atom. The fourth-order valence-corrected chi connectivity index (χ4v) is 5.41. The molecule has 5 aromatic rings. The zero-order chi connectivity index (χ0) is 21.8. The van der Waals surface area contributed by atoms with Crippen LogP contribution in [0.3, 0.4) is 0 Å². The lowest BCUT2D eigenvalue weighted by atomic mass is 10.1. The minimum Gasteiger partial charge on any atom is -0.451 e. The number of carbonyl (C=O) groups excluding carboxylic acids is 1. The van der Waals surface area contributed by atoms with Gasteiger partial charge in [-0.1, -0.05) is 65.2 Å². The molecule has 7 nitrogen and oxygen atoms in total. The number of rotatable bonds is 7. The van der Waals surface area contributed by atoms with Crippen molar-refractivity contribution in [3.8, 4) is 0 Å². The van der Waals surface area contributed by atoms with Crippen molar-refractivity contribution in [1.29, 1.82) is 0 Å². The Balaban J connectivity index is 1.44. The van der Waals surface area contributed by atoms with Crippen molar-refractivity contribution in [3.63, 3.8) is 0 Å². The van der Waals surface area contributed by atoms with E-state index in [-0.39, 0.29) is 11.7 Å². The van der Waals surface area contributed by atoms with Crippen LogP contribution in [-0.2, 0) is 5.75 Å². The van der Waals surface area contributed by atoms with E-state index in [1.165, 1.54) is 34.9 Å². The molecule has 0 bridgehead atoms. The van der Waals surface area contributed by atoms with E-state index in [9.17, 15) is 4.79 Å². The number of nitrogens with one attached hydrogen (secondary N) is 1. The van der Waals surface area contributed by atoms with Gasteiger partial charge in [-0.3, -0.25) is 4.79 Å². The number of anilines is 1. The maximum Gasteiger partial charge on any atom is 0.291 e. The Bertz CT molecular complexity index is 1360. The number of benzene rings is 2. The van der Waals surface area contributed by atoms with Crippen molar-refractivity contribution < 1.29 is 9.21 Å². The van der Waals surface area contributed by atoms with Crippen molar-refractivity contribution in [1.82, 2.24) is 20.2 Å². The van der Waals surface area contributed by atoms with Gasteiger partial charge in [0.05, 0.1) is 5.69 Å². The molecule has 32 heavy (non-hydrogen) atoms. The predicted octanol–water partition coefficient (Wildman–Crippen LogP) is 5.77. The van der Waals surface area contributed by atoms with Gasteiger partial charge < -0.3 is 9.73 Å². The zero-order valence-corrected chi connectivity index (χ0v) is 18.9. The molecule has 0 saturated carbocycles. The largest absolute Gasteiger partial charge is 0.451 e. The lowest BCUT2D eigenvalue weighted by molar-refractivity contribution is 0.0997. The molecule has 0 radical (unpaired) electrons. The standard InChI is InChI=1S/C22H15N5O2S3/c28-20(26-16-7-2-4-9-18(16)32-22-27-25-13-31-22)19-15(12-30-21-23-10-5-11-24-21)14-6-1-3-8-17(14)29-19/h1-11,13H,12H2,(H,26,28). The number of fused-ring (bicyclic) bond motifs is 1. The topological polar surface area (TPSA) is 93.8 Å². The van der Waals surface area contributed by atoms with Gasteiger partial charge >= 0.3 is 0 Å². The summed E-state index contributed by atoms with van der Waals surface area (Å²) in [5.41, 5.74) is 3.84. The van der Waals surface area contributed by atoms with E-state index in [4.69, 9.17) is 4.42 Å². The molecule has 0 aliphatic carbocycles. The smallest absolute Gasteiger partial charge is 0.291 e. The summed E-state index contributed by atoms with van der Waals surface area (Å²) in [5, 5.41) is 12.5. The van der Waals surface area contributed by atoms with Crippen molar-refractivity contribution in [2.75, 3.05) is 5.32 Å². The lowest BCUT2D eigenvalue weighted by Crippen LogP contribution is -2.13. The first-order valence-corrected chi connectivity index (χ1v) is 12.2. The molecular formula is C22H15N5O2S3. The van der Waals surface area contributed by atoms with E-state index >= 15 is 0 Å². The first kappa shape index (κ1) is 20.7. The van der Waals surface area contributed by atoms with E-state index in [2.05, 4.69) is 25.5 Å². The normalized spacial score (nSPS) is 11.0. The van der Waals surface area contributed by atoms with Gasteiger partial charge in [0.2, 0.25) is 0 Å². The van der Waals surface area contributed by atoms with Gasteiger partial charge in [0.1, 0.15) is 11.1 Å². The van der Waals surface area contributed by atoms with Crippen molar-refractivity contribution in [2.45, 2.75) is 20.1 Å². The molecular weight excluding hydrogens is 462 g/mol. The van der Waals surface area contributed by atoms with Gasteiger partial charge in [-0.25, -0.2) is 9.97 Å². The number of thioether (sulfide) groups is 1. The summed E-state index contributed by atoms with van der Waals surface area (Å²) in [7, 11) is 0. The van der Waals surface area contributed by atoms with Crippen LogP contribution in [0.5, 0.6) is 0 Å². The molecule has 0 atom stereocenters. The Hall–Kier alpha value is -3.21. The number of aromatic nitrogens is 4. The highest BCUT2D eigenvalue weighted by atomic mass is 32.2. The fraction of sp³-hybridized carbons (Fsp3) is 0.0455. The third-order valence-corrected chi connectivity index (χ3v) is 7.22. The Kier molecular flexibility index (Phi) is 6.15. The van der Waals surface area contributed by atoms with E-state index in [0.717, 1.165) is 20.2 Å². The monoisotopic (exact) mass is 477 g/mol. The molecule has 0 fully saturated rings. The zero-order valence-electron chi connectivity index (χ0n) is 16.5. The molecule has 0 spiro atoms. The summed E-state index contributed by atoms with van der Waals surface area (Å²) in [6.45, 7) is 0. The minimum atomic E-state index is -0.309. The number of hydrogen-bond donors (Lipinski definition) is 1. The average molecular weight is 478 g/mol. The fourth-order valence-electron chi connectivity index (χ4n) is 3.06. The maximum atomic E-state index is 13.3. The molecule has 3 aromatic heterocycles. The first-order valence-electron chi connectivity index (χ1n) is 9.52. The van der Waals surface area contributed by atoms with Gasteiger partial charge in [-0.05, 0) is 24.3 Å². The molecule has 2 aromatic carbocycles. The third-order valence-electron chi connectivity index (χ3n) is 4.46. The molecule has 0 aliphatic rings. The van der Waals surface area contributed by atoms with Crippen molar-refractivity contribution >= 4 is 57.4 Å². The SMILES string of the molecule is O=C(Nc1ccccc1Sc1nncs1)c1oc2ccccc2c1CSc1ncccn1. The number of amides is 1. The van der Waals surface area contributed by atoms with Crippen LogP contribution < -0.4 is 5.32 Å². The second-order valence-corrected chi connectivity index (χ2v) is 9.55. The number of para-hydroxylation sites is 2. The van der Waals surface area contributed by atoms with Crippen LogP contribution in [0.15, 0.2) is 91.3 Å². The van der Waals surface area contributed by atoms with Crippen LogP contribution in [0.4, 0.5) is 5.69 Å². The molecule has 1 amide bonds. The molecule has 10 heteroatoms. The highest BCUT2D eigenvalue weighted by molar-refractivity contribution is 8.01. The van der Waals surface area contributed by atoms with E-state index in [1.54, 1.807) is 24.0 Å². The Morgan fingerprint density at radius 1 is 1.03 bits per heavy atom. The number of carbonyl (C=O) groups is 1. The summed E-state index contributed by atoms with van der Waals surface area (Å²) in [4.78, 5) is 22.7. The lowest BCUT2D eigenvalue weighted by Gasteiger charge is -2.09. The maximum absolute atomic E-state index is 13.3. The Morgan fingerprint density at radius 3 is 2.69 bits per heavy atom. The third kappa shape index (κ3) is 4.52. The van der Waals surface area contributed by atoms with Crippen LogP contribution in [0.2, 0.25) is 0 Å². The van der Waals surface area contributed by atoms with Crippen molar-refractivity contribution in [3.05, 3.63) is 83.8 Å². The van der Waals surface area contributed by atoms with Gasteiger partial charge in [0, 0.05) is 34.0 Å². The highest BCUT2D eigenvalue weighted by Crippen LogP contribution is 2.35. The van der Waals surface area contributed by atoms with Gasteiger partial charge in [-0.15, -0.1) is 10.2 Å². The van der Waals surface area contributed by atoms with Crippen LogP contribution in [0, 0.1) is 0 Å². The molecule has 0 saturated heterocycles. The molecule has 3 heterocycles. The second kappa shape index (κ2) is 9.51. The molecule has 1 N–H and O–H groups in total. The summed E-state index contributed by atoms with van der Waals surface area (Å²) < 4.78 is 6.78. The molecule has 0 aliphatic heterocycles. The van der Waals surface area contributed by atoms with Gasteiger partial charge in [0.15, 0.2) is 15.3 Å². The Labute approximate surface area is 195 Å². The number of nitrogens with zero attached hydrogens (tertiary/aromatic N) is 4. The van der Waals surface area contributed by atoms with Crippen LogP contribution in [-0.4, -0.2) is 26.1 Å². The van der Waals surface area contributed by atoms with Crippen LogP contribution in [0.25, 0.3) is 11.0 Å². The number of hydrogen-bond acceptors (Lipinski definition) is 9. The van der Waals surface area contributed by atoms with Gasteiger partial charge in [0.25, 0.3) is 5.91 Å². The summed E-state index contributed by atoms with van der Waals surface area (Å²) in [5.74, 6) is 0.478. The molecule has 158 valence electrons. The second-order valence-electron chi connectivity index (χ2n) is 6.48. The summed E-state index contributed by atoms with van der Waals surface area (Å²) in [6.07, 6.45) is 3.39. The predicted molar refractivity (Wildman–Crippen MR) is 126 cm³/mol. The average Bonchev–Trinajstić information content (AvgIpc) is 3.47.